The summed E-state index contributed by atoms with van der Waals surface area (Å²) in [6.07, 6.45) is 5.45. The van der Waals surface area contributed by atoms with E-state index in [-0.39, 0.29) is 35.0 Å². The maximum Gasteiger partial charge on any atom is 0.255 e. The third kappa shape index (κ3) is 4.58. The Hall–Kier alpha value is -4.39. The zero-order valence-corrected chi connectivity index (χ0v) is 21.6. The van der Waals surface area contributed by atoms with Crippen molar-refractivity contribution < 1.29 is 19.4 Å². The lowest BCUT2D eigenvalue weighted by atomic mass is 9.77. The summed E-state index contributed by atoms with van der Waals surface area (Å²) in [5, 5.41) is 28.0. The first-order valence-corrected chi connectivity index (χ1v) is 13.3. The third-order valence-electron chi connectivity index (χ3n) is 8.22. The SMILES string of the molecule is C[C@@H]1C2=C(CC[C@@H]2CC(NC(=O)c2cccc(O)c2O)c2ccccc2)Cc2c1cnn2-c1ccc(F)cc1. The Morgan fingerprint density at radius 1 is 1.08 bits per heavy atom. The number of para-hydroxylation sites is 1. The van der Waals surface area contributed by atoms with Crippen LogP contribution in [0.2, 0.25) is 0 Å². The molecule has 0 radical (unpaired) electrons. The highest BCUT2D eigenvalue weighted by Crippen LogP contribution is 2.49. The summed E-state index contributed by atoms with van der Waals surface area (Å²) in [4.78, 5) is 13.2. The van der Waals surface area contributed by atoms with Crippen molar-refractivity contribution in [3.8, 4) is 17.2 Å². The van der Waals surface area contributed by atoms with Crippen LogP contribution in [0.3, 0.4) is 0 Å². The van der Waals surface area contributed by atoms with Gasteiger partial charge in [-0.05, 0) is 67.1 Å². The van der Waals surface area contributed by atoms with Gasteiger partial charge in [-0.2, -0.15) is 5.10 Å². The van der Waals surface area contributed by atoms with Crippen molar-refractivity contribution in [3.63, 3.8) is 0 Å². The van der Waals surface area contributed by atoms with Crippen LogP contribution in [0.4, 0.5) is 4.39 Å². The minimum atomic E-state index is -0.427. The molecular formula is C32H30FN3O3. The molecular weight excluding hydrogens is 493 g/mol. The number of phenols is 2. The largest absolute Gasteiger partial charge is 0.504 e. The maximum absolute atomic E-state index is 13.5. The molecule has 3 N–H and O–H groups in total. The molecule has 1 heterocycles. The van der Waals surface area contributed by atoms with E-state index in [1.807, 2.05) is 41.2 Å². The topological polar surface area (TPSA) is 87.4 Å². The number of benzene rings is 3. The second-order valence-corrected chi connectivity index (χ2v) is 10.5. The lowest BCUT2D eigenvalue weighted by Crippen LogP contribution is -2.30. The van der Waals surface area contributed by atoms with Gasteiger partial charge in [0.25, 0.3) is 5.91 Å². The quantitative estimate of drug-likeness (QED) is 0.203. The number of aromatic hydroxyl groups is 2. The predicted octanol–water partition coefficient (Wildman–Crippen LogP) is 6.35. The maximum atomic E-state index is 13.5. The van der Waals surface area contributed by atoms with Crippen molar-refractivity contribution in [2.75, 3.05) is 0 Å². The number of carbonyl (C=O) groups excluding carboxylic acids is 1. The molecule has 0 saturated carbocycles. The molecule has 2 aliphatic rings. The smallest absolute Gasteiger partial charge is 0.255 e. The molecule has 4 aromatic rings. The number of nitrogens with one attached hydrogen (secondary N) is 1. The first-order valence-electron chi connectivity index (χ1n) is 13.3. The highest BCUT2D eigenvalue weighted by Gasteiger charge is 2.37. The highest BCUT2D eigenvalue weighted by atomic mass is 19.1. The number of rotatable bonds is 6. The van der Waals surface area contributed by atoms with Gasteiger partial charge in [0.15, 0.2) is 11.5 Å². The molecule has 198 valence electrons. The van der Waals surface area contributed by atoms with Crippen molar-refractivity contribution in [1.82, 2.24) is 15.1 Å². The number of nitrogens with zero attached hydrogens (tertiary/aromatic N) is 2. The van der Waals surface area contributed by atoms with Crippen molar-refractivity contribution in [3.05, 3.63) is 118 Å². The fourth-order valence-electron chi connectivity index (χ4n) is 6.33. The van der Waals surface area contributed by atoms with Crippen LogP contribution in [0.25, 0.3) is 5.69 Å². The number of hydrogen-bond donors (Lipinski definition) is 3. The molecule has 0 fully saturated rings. The van der Waals surface area contributed by atoms with Crippen LogP contribution in [0.1, 0.15) is 65.3 Å². The van der Waals surface area contributed by atoms with E-state index in [4.69, 9.17) is 0 Å². The number of aromatic nitrogens is 2. The summed E-state index contributed by atoms with van der Waals surface area (Å²) >= 11 is 0. The van der Waals surface area contributed by atoms with Gasteiger partial charge in [0, 0.05) is 17.9 Å². The van der Waals surface area contributed by atoms with Gasteiger partial charge in [-0.25, -0.2) is 9.07 Å². The van der Waals surface area contributed by atoms with Crippen LogP contribution in [0, 0.1) is 11.7 Å². The first-order chi connectivity index (χ1) is 18.9. The molecule has 0 saturated heterocycles. The van der Waals surface area contributed by atoms with E-state index >= 15 is 0 Å². The van der Waals surface area contributed by atoms with E-state index in [2.05, 4.69) is 17.3 Å². The number of carbonyl (C=O) groups is 1. The van der Waals surface area contributed by atoms with E-state index < -0.39 is 11.7 Å². The molecule has 6 rings (SSSR count). The van der Waals surface area contributed by atoms with Crippen molar-refractivity contribution in [2.45, 2.75) is 44.6 Å². The molecule has 1 amide bonds. The average Bonchev–Trinajstić information content (AvgIpc) is 3.56. The molecule has 3 aromatic carbocycles. The molecule has 0 spiro atoms. The second-order valence-electron chi connectivity index (χ2n) is 10.5. The van der Waals surface area contributed by atoms with Gasteiger partial charge in [-0.3, -0.25) is 4.79 Å². The number of allylic oxidation sites excluding steroid dienone is 2. The van der Waals surface area contributed by atoms with Gasteiger partial charge in [-0.15, -0.1) is 0 Å². The summed E-state index contributed by atoms with van der Waals surface area (Å²) in [7, 11) is 0. The predicted molar refractivity (Wildman–Crippen MR) is 146 cm³/mol. The van der Waals surface area contributed by atoms with Gasteiger partial charge < -0.3 is 15.5 Å². The summed E-state index contributed by atoms with van der Waals surface area (Å²) in [5.41, 5.74) is 7.09. The zero-order chi connectivity index (χ0) is 27.1. The standard InChI is InChI=1S/C32H30FN3O3/c1-19-26-18-34-36(24-14-12-23(33)13-15-24)28(26)17-22-11-10-21(30(19)22)16-27(20-6-3-2-4-7-20)35-32(39)25-8-5-9-29(37)31(25)38/h2-9,12-15,18-19,21,27,37-38H,10-11,16-17H2,1H3,(H,35,39)/t19-,21+,27?/m0/s1. The lowest BCUT2D eigenvalue weighted by Gasteiger charge is -2.30. The number of fused-ring (bicyclic) bond motifs is 1. The summed E-state index contributed by atoms with van der Waals surface area (Å²) in [6, 6.07) is 20.4. The number of phenolic OH excluding ortho intramolecular Hbond substituents is 2. The fraction of sp³-hybridized carbons (Fsp3) is 0.250. The highest BCUT2D eigenvalue weighted by molar-refractivity contribution is 5.97. The first kappa shape index (κ1) is 24.9. The van der Waals surface area contributed by atoms with Crippen LogP contribution in [0.5, 0.6) is 11.5 Å². The summed E-state index contributed by atoms with van der Waals surface area (Å²) in [6.45, 7) is 2.23. The molecule has 0 aliphatic heterocycles. The molecule has 0 bridgehead atoms. The Bertz CT molecular complexity index is 1560. The van der Waals surface area contributed by atoms with Crippen LogP contribution < -0.4 is 5.32 Å². The average molecular weight is 524 g/mol. The Morgan fingerprint density at radius 2 is 1.85 bits per heavy atom. The summed E-state index contributed by atoms with van der Waals surface area (Å²) < 4.78 is 15.4. The Balaban J connectivity index is 1.27. The zero-order valence-electron chi connectivity index (χ0n) is 21.6. The van der Waals surface area contributed by atoms with Gasteiger partial charge in [0.2, 0.25) is 0 Å². The number of hydrogen-bond acceptors (Lipinski definition) is 4. The van der Waals surface area contributed by atoms with Crippen LogP contribution >= 0.6 is 0 Å². The Kier molecular flexibility index (Phi) is 6.43. The van der Waals surface area contributed by atoms with Crippen LogP contribution in [-0.2, 0) is 6.42 Å². The second kappa shape index (κ2) is 10.1. The minimum absolute atomic E-state index is 0.0474. The van der Waals surface area contributed by atoms with E-state index in [0.29, 0.717) is 0 Å². The van der Waals surface area contributed by atoms with E-state index in [0.717, 1.165) is 42.6 Å². The number of halogens is 1. The van der Waals surface area contributed by atoms with Gasteiger partial charge in [-0.1, -0.05) is 54.5 Å². The Morgan fingerprint density at radius 3 is 2.62 bits per heavy atom. The van der Waals surface area contributed by atoms with E-state index in [1.54, 1.807) is 18.2 Å². The van der Waals surface area contributed by atoms with E-state index in [1.165, 1.54) is 41.0 Å². The molecule has 3 atom stereocenters. The van der Waals surface area contributed by atoms with Gasteiger partial charge in [0.1, 0.15) is 5.82 Å². The molecule has 7 heteroatoms. The third-order valence-corrected chi connectivity index (χ3v) is 8.22. The van der Waals surface area contributed by atoms with Gasteiger partial charge in [0.05, 0.1) is 29.2 Å². The van der Waals surface area contributed by atoms with Crippen molar-refractivity contribution in [1.29, 1.82) is 0 Å². The molecule has 1 unspecified atom stereocenters. The van der Waals surface area contributed by atoms with Crippen molar-refractivity contribution in [2.24, 2.45) is 5.92 Å². The lowest BCUT2D eigenvalue weighted by molar-refractivity contribution is 0.0928. The molecule has 1 aromatic heterocycles. The fourth-order valence-corrected chi connectivity index (χ4v) is 6.33. The van der Waals surface area contributed by atoms with Crippen LogP contribution in [0.15, 0.2) is 90.1 Å². The van der Waals surface area contributed by atoms with Crippen LogP contribution in [-0.4, -0.2) is 25.9 Å². The normalized spacial score (nSPS) is 18.9. The monoisotopic (exact) mass is 523 g/mol. The summed E-state index contributed by atoms with van der Waals surface area (Å²) in [5.74, 6) is -0.967. The number of amides is 1. The van der Waals surface area contributed by atoms with Crippen molar-refractivity contribution >= 4 is 5.91 Å². The molecule has 6 nitrogen and oxygen atoms in total. The Labute approximate surface area is 226 Å². The molecule has 39 heavy (non-hydrogen) atoms. The molecule has 2 aliphatic carbocycles. The van der Waals surface area contributed by atoms with Gasteiger partial charge >= 0.3 is 0 Å². The van der Waals surface area contributed by atoms with E-state index in [9.17, 15) is 19.4 Å². The minimum Gasteiger partial charge on any atom is -0.504 e.